The lowest BCUT2D eigenvalue weighted by Gasteiger charge is -2.08. The van der Waals surface area contributed by atoms with Crippen LogP contribution < -0.4 is 5.48 Å². The molecule has 1 N–H and O–H groups in total. The van der Waals surface area contributed by atoms with E-state index in [4.69, 9.17) is 10.1 Å². The highest BCUT2D eigenvalue weighted by molar-refractivity contribution is 5.85. The number of hydrogen-bond donors (Lipinski definition) is 1. The number of aromatic nitrogens is 1. The van der Waals surface area contributed by atoms with E-state index in [9.17, 15) is 0 Å². The van der Waals surface area contributed by atoms with Gasteiger partial charge in [-0.15, -0.1) is 12.4 Å². The summed E-state index contributed by atoms with van der Waals surface area (Å²) in [6.45, 7) is 2.54. The lowest BCUT2D eigenvalue weighted by Crippen LogP contribution is -2.12. The first-order valence-electron chi connectivity index (χ1n) is 4.55. The molecule has 4 nitrogen and oxygen atoms in total. The fraction of sp³-hybridized carbons (Fsp3) is 0.400. The molecular weight excluding hydrogens is 214 g/mol. The van der Waals surface area contributed by atoms with Gasteiger partial charge in [0.1, 0.15) is 6.07 Å². The molecule has 0 bridgehead atoms. The Morgan fingerprint density at radius 2 is 2.47 bits per heavy atom. The van der Waals surface area contributed by atoms with Gasteiger partial charge < -0.3 is 4.84 Å². The van der Waals surface area contributed by atoms with E-state index in [2.05, 4.69) is 16.5 Å². The zero-order chi connectivity index (χ0) is 9.97. The van der Waals surface area contributed by atoms with Gasteiger partial charge in [-0.25, -0.2) is 0 Å². The highest BCUT2D eigenvalue weighted by atomic mass is 35.5. The SMILES string of the molecule is Cc1ncc([C@@H]2CCON2)cc1C#N.Cl. The minimum absolute atomic E-state index is 0. The minimum atomic E-state index is 0. The maximum Gasteiger partial charge on any atom is 0.101 e. The van der Waals surface area contributed by atoms with E-state index in [1.165, 1.54) is 0 Å². The Bertz CT molecular complexity index is 383. The van der Waals surface area contributed by atoms with Gasteiger partial charge in [-0.1, -0.05) is 0 Å². The summed E-state index contributed by atoms with van der Waals surface area (Å²) < 4.78 is 0. The van der Waals surface area contributed by atoms with E-state index in [0.717, 1.165) is 17.7 Å². The predicted octanol–water partition coefficient (Wildman–Crippen LogP) is 1.65. The molecule has 5 heteroatoms. The molecule has 1 saturated heterocycles. The Hall–Kier alpha value is -1.15. The minimum Gasteiger partial charge on any atom is -0.301 e. The molecule has 2 rings (SSSR count). The number of rotatable bonds is 1. The Balaban J connectivity index is 0.00000112. The highest BCUT2D eigenvalue weighted by Gasteiger charge is 2.18. The molecule has 0 amide bonds. The van der Waals surface area contributed by atoms with Crippen LogP contribution in [0.25, 0.3) is 0 Å². The Morgan fingerprint density at radius 1 is 1.67 bits per heavy atom. The van der Waals surface area contributed by atoms with Gasteiger partial charge in [0, 0.05) is 6.20 Å². The van der Waals surface area contributed by atoms with Crippen molar-refractivity contribution in [2.75, 3.05) is 6.61 Å². The molecule has 0 saturated carbocycles. The summed E-state index contributed by atoms with van der Waals surface area (Å²) in [6.07, 6.45) is 2.72. The van der Waals surface area contributed by atoms with E-state index in [1.54, 1.807) is 6.20 Å². The van der Waals surface area contributed by atoms with Crippen molar-refractivity contribution in [1.82, 2.24) is 10.5 Å². The topological polar surface area (TPSA) is 57.9 Å². The molecule has 2 heterocycles. The third-order valence-electron chi connectivity index (χ3n) is 2.37. The van der Waals surface area contributed by atoms with Crippen LogP contribution in [0.3, 0.4) is 0 Å². The number of hydroxylamine groups is 1. The van der Waals surface area contributed by atoms with Crippen LogP contribution in [-0.4, -0.2) is 11.6 Å². The van der Waals surface area contributed by atoms with Crippen LogP contribution in [0.1, 0.15) is 29.3 Å². The molecule has 1 atom stereocenters. The number of nitrogens with zero attached hydrogens (tertiary/aromatic N) is 2. The average Bonchev–Trinajstić information content (AvgIpc) is 2.71. The summed E-state index contributed by atoms with van der Waals surface area (Å²) >= 11 is 0. The zero-order valence-corrected chi connectivity index (χ0v) is 9.17. The molecule has 1 fully saturated rings. The number of nitriles is 1. The van der Waals surface area contributed by atoms with Crippen LogP contribution in [0, 0.1) is 18.3 Å². The largest absolute Gasteiger partial charge is 0.301 e. The molecule has 0 radical (unpaired) electrons. The lowest BCUT2D eigenvalue weighted by molar-refractivity contribution is 0.0882. The Kier molecular flexibility index (Phi) is 4.04. The standard InChI is InChI=1S/C10H11N3O.ClH/c1-7-8(5-11)4-9(6-12-7)10-2-3-14-13-10;/h4,6,10,13H,2-3H2,1H3;1H/t10-;/m0./s1. The molecule has 1 aromatic rings. The second-order valence-corrected chi connectivity index (χ2v) is 3.32. The van der Waals surface area contributed by atoms with Crippen LogP contribution in [0.15, 0.2) is 12.3 Å². The molecule has 0 unspecified atom stereocenters. The predicted molar refractivity (Wildman–Crippen MR) is 57.4 cm³/mol. The quantitative estimate of drug-likeness (QED) is 0.790. The van der Waals surface area contributed by atoms with Gasteiger partial charge in [0.05, 0.1) is 23.9 Å². The summed E-state index contributed by atoms with van der Waals surface area (Å²) in [5.74, 6) is 0. The molecular formula is C10H12ClN3O. The van der Waals surface area contributed by atoms with E-state index >= 15 is 0 Å². The van der Waals surface area contributed by atoms with Crippen molar-refractivity contribution in [2.24, 2.45) is 0 Å². The second-order valence-electron chi connectivity index (χ2n) is 3.32. The summed E-state index contributed by atoms with van der Waals surface area (Å²) in [7, 11) is 0. The number of hydrogen-bond acceptors (Lipinski definition) is 4. The maximum atomic E-state index is 8.84. The number of aryl methyl sites for hydroxylation is 1. The van der Waals surface area contributed by atoms with Crippen molar-refractivity contribution in [2.45, 2.75) is 19.4 Å². The van der Waals surface area contributed by atoms with Crippen molar-refractivity contribution >= 4 is 12.4 Å². The summed E-state index contributed by atoms with van der Waals surface area (Å²) in [4.78, 5) is 9.23. The van der Waals surface area contributed by atoms with E-state index < -0.39 is 0 Å². The molecule has 1 aromatic heterocycles. The summed E-state index contributed by atoms with van der Waals surface area (Å²) in [5.41, 5.74) is 5.32. The molecule has 0 spiro atoms. The van der Waals surface area contributed by atoms with Gasteiger partial charge in [-0.3, -0.25) is 4.98 Å². The van der Waals surface area contributed by atoms with Gasteiger partial charge in [0.25, 0.3) is 0 Å². The van der Waals surface area contributed by atoms with E-state index in [1.807, 2.05) is 13.0 Å². The van der Waals surface area contributed by atoms with Crippen molar-refractivity contribution in [3.63, 3.8) is 0 Å². The molecule has 0 aromatic carbocycles. The fourth-order valence-electron chi connectivity index (χ4n) is 1.48. The third kappa shape index (κ3) is 2.45. The maximum absolute atomic E-state index is 8.84. The van der Waals surface area contributed by atoms with Gasteiger partial charge in [-0.05, 0) is 25.0 Å². The van der Waals surface area contributed by atoms with E-state index in [0.29, 0.717) is 12.2 Å². The Labute approximate surface area is 94.6 Å². The first-order chi connectivity index (χ1) is 6.81. The van der Waals surface area contributed by atoms with Crippen LogP contribution in [0.5, 0.6) is 0 Å². The third-order valence-corrected chi connectivity index (χ3v) is 2.37. The second kappa shape index (κ2) is 5.08. The van der Waals surface area contributed by atoms with Crippen LogP contribution >= 0.6 is 12.4 Å². The van der Waals surface area contributed by atoms with E-state index in [-0.39, 0.29) is 18.4 Å². The first-order valence-corrected chi connectivity index (χ1v) is 4.55. The number of halogens is 1. The van der Waals surface area contributed by atoms with Crippen LogP contribution in [0.2, 0.25) is 0 Å². The smallest absolute Gasteiger partial charge is 0.101 e. The van der Waals surface area contributed by atoms with Crippen molar-refractivity contribution < 1.29 is 4.84 Å². The van der Waals surface area contributed by atoms with Gasteiger partial charge >= 0.3 is 0 Å². The van der Waals surface area contributed by atoms with Crippen molar-refractivity contribution in [3.8, 4) is 6.07 Å². The Morgan fingerprint density at radius 3 is 3.07 bits per heavy atom. The molecule has 1 aliphatic heterocycles. The normalized spacial score (nSPS) is 19.3. The van der Waals surface area contributed by atoms with Gasteiger partial charge in [0.15, 0.2) is 0 Å². The van der Waals surface area contributed by atoms with Crippen LogP contribution in [0.4, 0.5) is 0 Å². The van der Waals surface area contributed by atoms with Gasteiger partial charge in [-0.2, -0.15) is 10.7 Å². The lowest BCUT2D eigenvalue weighted by atomic mass is 10.0. The molecule has 80 valence electrons. The van der Waals surface area contributed by atoms with Crippen LogP contribution in [-0.2, 0) is 4.84 Å². The number of nitrogens with one attached hydrogen (secondary N) is 1. The first kappa shape index (κ1) is 11.9. The highest BCUT2D eigenvalue weighted by Crippen LogP contribution is 2.21. The van der Waals surface area contributed by atoms with Crippen molar-refractivity contribution in [3.05, 3.63) is 29.1 Å². The summed E-state index contributed by atoms with van der Waals surface area (Å²) in [6, 6.07) is 4.17. The average molecular weight is 226 g/mol. The number of pyridine rings is 1. The van der Waals surface area contributed by atoms with Crippen molar-refractivity contribution in [1.29, 1.82) is 5.26 Å². The summed E-state index contributed by atoms with van der Waals surface area (Å²) in [5, 5.41) is 8.84. The zero-order valence-electron chi connectivity index (χ0n) is 8.36. The monoisotopic (exact) mass is 225 g/mol. The molecule has 0 aliphatic carbocycles. The molecule has 15 heavy (non-hydrogen) atoms. The fourth-order valence-corrected chi connectivity index (χ4v) is 1.48. The van der Waals surface area contributed by atoms with Gasteiger partial charge in [0.2, 0.25) is 0 Å². The molecule has 1 aliphatic rings.